The van der Waals surface area contributed by atoms with Gasteiger partial charge >= 0.3 is 6.18 Å². The average molecular weight is 264 g/mol. The summed E-state index contributed by atoms with van der Waals surface area (Å²) in [6.45, 7) is 0. The first-order chi connectivity index (χ1) is 8.91. The molecule has 0 radical (unpaired) electrons. The Kier molecular flexibility index (Phi) is 3.13. The van der Waals surface area contributed by atoms with Gasteiger partial charge in [0.25, 0.3) is 5.56 Å². The normalized spacial score (nSPS) is 11.1. The molecule has 1 N–H and O–H groups in total. The van der Waals surface area contributed by atoms with Crippen LogP contribution in [0.2, 0.25) is 0 Å². The van der Waals surface area contributed by atoms with E-state index in [1.165, 1.54) is 24.3 Å². The fourth-order valence-corrected chi connectivity index (χ4v) is 1.59. The number of aromatic amines is 1. The second-order valence-electron chi connectivity index (χ2n) is 3.81. The SMILES string of the molecule is N#Cc1ccc(-c2cccc(C(F)(F)F)c2)[nH]c1=O. The molecule has 19 heavy (non-hydrogen) atoms. The molecule has 0 amide bonds. The minimum absolute atomic E-state index is 0.0873. The molecule has 0 unspecified atom stereocenters. The molecule has 1 aromatic heterocycles. The minimum Gasteiger partial charge on any atom is -0.321 e. The number of pyridine rings is 1. The number of hydrogen-bond donors (Lipinski definition) is 1. The molecule has 2 rings (SSSR count). The fourth-order valence-electron chi connectivity index (χ4n) is 1.59. The van der Waals surface area contributed by atoms with Crippen molar-refractivity contribution in [3.63, 3.8) is 0 Å². The van der Waals surface area contributed by atoms with E-state index in [0.717, 1.165) is 12.1 Å². The van der Waals surface area contributed by atoms with Gasteiger partial charge in [0.05, 0.1) is 5.56 Å². The van der Waals surface area contributed by atoms with Crippen molar-refractivity contribution in [3.05, 3.63) is 57.9 Å². The van der Waals surface area contributed by atoms with Crippen molar-refractivity contribution in [1.29, 1.82) is 5.26 Å². The lowest BCUT2D eigenvalue weighted by Crippen LogP contribution is -2.10. The summed E-state index contributed by atoms with van der Waals surface area (Å²) < 4.78 is 37.7. The van der Waals surface area contributed by atoms with Crippen molar-refractivity contribution >= 4 is 0 Å². The van der Waals surface area contributed by atoms with E-state index in [2.05, 4.69) is 4.98 Å². The molecule has 0 saturated heterocycles. The zero-order valence-electron chi connectivity index (χ0n) is 9.45. The number of nitriles is 1. The van der Waals surface area contributed by atoms with Crippen LogP contribution in [0.1, 0.15) is 11.1 Å². The Hall–Kier alpha value is -2.55. The van der Waals surface area contributed by atoms with Crippen molar-refractivity contribution in [2.24, 2.45) is 0 Å². The second kappa shape index (κ2) is 4.61. The Balaban J connectivity index is 2.52. The van der Waals surface area contributed by atoms with Crippen molar-refractivity contribution < 1.29 is 13.2 Å². The quantitative estimate of drug-likeness (QED) is 0.860. The second-order valence-corrected chi connectivity index (χ2v) is 3.81. The number of rotatable bonds is 1. The third-order valence-electron chi connectivity index (χ3n) is 2.53. The maximum absolute atomic E-state index is 12.6. The fraction of sp³-hybridized carbons (Fsp3) is 0.0769. The summed E-state index contributed by atoms with van der Waals surface area (Å²) >= 11 is 0. The molecule has 3 nitrogen and oxygen atoms in total. The molecule has 0 aliphatic rings. The standard InChI is InChI=1S/C13H7F3N2O/c14-13(15,16)10-3-1-2-8(6-10)11-5-4-9(7-17)12(19)18-11/h1-6H,(H,18,19). The number of H-pyrrole nitrogens is 1. The molecule has 0 saturated carbocycles. The highest BCUT2D eigenvalue weighted by molar-refractivity contribution is 5.60. The maximum atomic E-state index is 12.6. The van der Waals surface area contributed by atoms with Gasteiger partial charge < -0.3 is 4.98 Å². The van der Waals surface area contributed by atoms with Crippen LogP contribution in [0, 0.1) is 11.3 Å². The van der Waals surface area contributed by atoms with Crippen LogP contribution in [0.5, 0.6) is 0 Å². The van der Waals surface area contributed by atoms with Crippen LogP contribution in [0.15, 0.2) is 41.2 Å². The van der Waals surface area contributed by atoms with Gasteiger partial charge in [0.1, 0.15) is 11.6 Å². The molecule has 2 aromatic rings. The lowest BCUT2D eigenvalue weighted by molar-refractivity contribution is -0.137. The average Bonchev–Trinajstić information content (AvgIpc) is 2.38. The molecule has 0 spiro atoms. The highest BCUT2D eigenvalue weighted by Gasteiger charge is 2.30. The van der Waals surface area contributed by atoms with Crippen LogP contribution < -0.4 is 5.56 Å². The van der Waals surface area contributed by atoms with Crippen LogP contribution >= 0.6 is 0 Å². The van der Waals surface area contributed by atoms with Gasteiger partial charge in [-0.3, -0.25) is 4.79 Å². The summed E-state index contributed by atoms with van der Waals surface area (Å²) in [6.07, 6.45) is -4.44. The van der Waals surface area contributed by atoms with Gasteiger partial charge in [-0.25, -0.2) is 0 Å². The van der Waals surface area contributed by atoms with Crippen LogP contribution in [-0.2, 0) is 6.18 Å². The Bertz CT molecular complexity index is 711. The molecule has 0 fully saturated rings. The number of halogens is 3. The topological polar surface area (TPSA) is 56.6 Å². The number of alkyl halides is 3. The summed E-state index contributed by atoms with van der Waals surface area (Å²) in [5.74, 6) is 0. The van der Waals surface area contributed by atoms with Gasteiger partial charge in [0, 0.05) is 5.69 Å². The molecule has 6 heteroatoms. The summed E-state index contributed by atoms with van der Waals surface area (Å²) in [4.78, 5) is 13.8. The number of nitrogens with zero attached hydrogens (tertiary/aromatic N) is 1. The van der Waals surface area contributed by atoms with E-state index in [4.69, 9.17) is 5.26 Å². The van der Waals surface area contributed by atoms with Crippen molar-refractivity contribution in [2.75, 3.05) is 0 Å². The van der Waals surface area contributed by atoms with Crippen molar-refractivity contribution in [3.8, 4) is 17.3 Å². The van der Waals surface area contributed by atoms with E-state index in [1.807, 2.05) is 0 Å². The van der Waals surface area contributed by atoms with Crippen LogP contribution in [0.4, 0.5) is 13.2 Å². The first-order valence-electron chi connectivity index (χ1n) is 5.23. The first kappa shape index (κ1) is 12.9. The van der Waals surface area contributed by atoms with E-state index >= 15 is 0 Å². The number of benzene rings is 1. The molecular formula is C13H7F3N2O. The zero-order chi connectivity index (χ0) is 14.0. The predicted molar refractivity (Wildman–Crippen MR) is 62.2 cm³/mol. The van der Waals surface area contributed by atoms with E-state index < -0.39 is 17.3 Å². The number of hydrogen-bond acceptors (Lipinski definition) is 2. The third kappa shape index (κ3) is 2.65. The van der Waals surface area contributed by atoms with Crippen LogP contribution in [0.3, 0.4) is 0 Å². The van der Waals surface area contributed by atoms with Gasteiger partial charge in [-0.05, 0) is 29.8 Å². The lowest BCUT2D eigenvalue weighted by Gasteiger charge is -2.08. The zero-order valence-corrected chi connectivity index (χ0v) is 9.45. The monoisotopic (exact) mass is 264 g/mol. The molecular weight excluding hydrogens is 257 g/mol. The molecule has 96 valence electrons. The Labute approximate surface area is 105 Å². The first-order valence-corrected chi connectivity index (χ1v) is 5.23. The summed E-state index contributed by atoms with van der Waals surface area (Å²) in [5, 5.41) is 8.61. The van der Waals surface area contributed by atoms with E-state index in [-0.39, 0.29) is 16.8 Å². The molecule has 1 heterocycles. The summed E-state index contributed by atoms with van der Waals surface area (Å²) in [6, 6.07) is 8.96. The third-order valence-corrected chi connectivity index (χ3v) is 2.53. The van der Waals surface area contributed by atoms with Crippen molar-refractivity contribution in [2.45, 2.75) is 6.18 Å². The van der Waals surface area contributed by atoms with E-state index in [9.17, 15) is 18.0 Å². The van der Waals surface area contributed by atoms with Gasteiger partial charge in [-0.2, -0.15) is 18.4 Å². The largest absolute Gasteiger partial charge is 0.416 e. The van der Waals surface area contributed by atoms with Crippen LogP contribution in [0.25, 0.3) is 11.3 Å². The summed E-state index contributed by atoms with van der Waals surface area (Å²) in [5.41, 5.74) is -1.05. The van der Waals surface area contributed by atoms with Crippen LogP contribution in [-0.4, -0.2) is 4.98 Å². The highest BCUT2D eigenvalue weighted by Crippen LogP contribution is 2.31. The van der Waals surface area contributed by atoms with Gasteiger partial charge in [-0.1, -0.05) is 12.1 Å². The Morgan fingerprint density at radius 1 is 1.16 bits per heavy atom. The highest BCUT2D eigenvalue weighted by atomic mass is 19.4. The molecule has 0 aliphatic heterocycles. The molecule has 1 aromatic carbocycles. The number of aromatic nitrogens is 1. The summed E-state index contributed by atoms with van der Waals surface area (Å²) in [7, 11) is 0. The van der Waals surface area contributed by atoms with Crippen molar-refractivity contribution in [1.82, 2.24) is 4.98 Å². The molecule has 0 atom stereocenters. The minimum atomic E-state index is -4.44. The maximum Gasteiger partial charge on any atom is 0.416 e. The van der Waals surface area contributed by atoms with E-state index in [0.29, 0.717) is 0 Å². The number of nitrogens with one attached hydrogen (secondary N) is 1. The molecule has 0 bridgehead atoms. The van der Waals surface area contributed by atoms with Gasteiger partial charge in [0.15, 0.2) is 0 Å². The van der Waals surface area contributed by atoms with Gasteiger partial charge in [-0.15, -0.1) is 0 Å². The van der Waals surface area contributed by atoms with Gasteiger partial charge in [0.2, 0.25) is 0 Å². The smallest absolute Gasteiger partial charge is 0.321 e. The lowest BCUT2D eigenvalue weighted by atomic mass is 10.1. The molecule has 0 aliphatic carbocycles. The predicted octanol–water partition coefficient (Wildman–Crippen LogP) is 2.93. The Morgan fingerprint density at radius 2 is 1.89 bits per heavy atom. The Morgan fingerprint density at radius 3 is 2.47 bits per heavy atom. The van der Waals surface area contributed by atoms with E-state index in [1.54, 1.807) is 6.07 Å².